The van der Waals surface area contributed by atoms with Gasteiger partial charge in [0.2, 0.25) is 5.88 Å². The zero-order valence-corrected chi connectivity index (χ0v) is 14.3. The van der Waals surface area contributed by atoms with Crippen LogP contribution in [0.5, 0.6) is 5.88 Å². The molecular weight excluding hydrogens is 316 g/mol. The van der Waals surface area contributed by atoms with E-state index in [0.717, 1.165) is 48.5 Å². The molecular formula is C16H27BrN2O. The first-order valence-corrected chi connectivity index (χ1v) is 8.55. The van der Waals surface area contributed by atoms with Crippen LogP contribution in [0.3, 0.4) is 0 Å². The molecule has 114 valence electrons. The number of aromatic nitrogens is 1. The summed E-state index contributed by atoms with van der Waals surface area (Å²) in [5, 5.41) is 3.40. The molecule has 0 aliphatic carbocycles. The third kappa shape index (κ3) is 7.25. The van der Waals surface area contributed by atoms with Crippen LogP contribution >= 0.6 is 15.9 Å². The van der Waals surface area contributed by atoms with Gasteiger partial charge in [0, 0.05) is 22.8 Å². The Morgan fingerprint density at radius 1 is 1.15 bits per heavy atom. The Kier molecular flexibility index (Phi) is 9.67. The van der Waals surface area contributed by atoms with Crippen LogP contribution in [-0.2, 0) is 6.54 Å². The molecule has 4 heteroatoms. The Morgan fingerprint density at radius 2 is 1.95 bits per heavy atom. The molecule has 1 rings (SSSR count). The van der Waals surface area contributed by atoms with Crippen LogP contribution in [0.2, 0.25) is 0 Å². The molecule has 1 N–H and O–H groups in total. The average Bonchev–Trinajstić information content (AvgIpc) is 2.45. The van der Waals surface area contributed by atoms with Crippen molar-refractivity contribution in [3.8, 4) is 5.88 Å². The van der Waals surface area contributed by atoms with Gasteiger partial charge in [0.15, 0.2) is 0 Å². The molecule has 0 unspecified atom stereocenters. The SMILES string of the molecule is CCCCCCCOc1ncc(Br)cc1CNCCC. The van der Waals surface area contributed by atoms with Crippen LogP contribution < -0.4 is 10.1 Å². The fourth-order valence-electron chi connectivity index (χ4n) is 2.00. The number of rotatable bonds is 11. The quantitative estimate of drug-likeness (QED) is 0.592. The van der Waals surface area contributed by atoms with E-state index in [9.17, 15) is 0 Å². The molecule has 20 heavy (non-hydrogen) atoms. The van der Waals surface area contributed by atoms with Gasteiger partial charge in [-0.1, -0.05) is 39.5 Å². The third-order valence-electron chi connectivity index (χ3n) is 3.12. The number of nitrogens with one attached hydrogen (secondary N) is 1. The van der Waals surface area contributed by atoms with Gasteiger partial charge in [-0.3, -0.25) is 0 Å². The predicted molar refractivity (Wildman–Crippen MR) is 88.2 cm³/mol. The van der Waals surface area contributed by atoms with Crippen molar-refractivity contribution in [1.82, 2.24) is 10.3 Å². The van der Waals surface area contributed by atoms with E-state index in [0.29, 0.717) is 0 Å². The van der Waals surface area contributed by atoms with Crippen molar-refractivity contribution in [3.63, 3.8) is 0 Å². The summed E-state index contributed by atoms with van der Waals surface area (Å²) in [6.45, 7) is 6.99. The monoisotopic (exact) mass is 342 g/mol. The van der Waals surface area contributed by atoms with Crippen LogP contribution in [0.15, 0.2) is 16.7 Å². The van der Waals surface area contributed by atoms with Gasteiger partial charge in [-0.05, 0) is 41.4 Å². The highest BCUT2D eigenvalue weighted by Crippen LogP contribution is 2.20. The Balaban J connectivity index is 2.38. The third-order valence-corrected chi connectivity index (χ3v) is 3.55. The molecule has 0 spiro atoms. The van der Waals surface area contributed by atoms with Crippen molar-refractivity contribution in [1.29, 1.82) is 0 Å². The smallest absolute Gasteiger partial charge is 0.217 e. The van der Waals surface area contributed by atoms with Gasteiger partial charge in [0.25, 0.3) is 0 Å². The number of unbranched alkanes of at least 4 members (excludes halogenated alkanes) is 4. The summed E-state index contributed by atoms with van der Waals surface area (Å²) in [4.78, 5) is 4.38. The second kappa shape index (κ2) is 11.1. The van der Waals surface area contributed by atoms with Crippen LogP contribution in [0.1, 0.15) is 57.9 Å². The topological polar surface area (TPSA) is 34.1 Å². The van der Waals surface area contributed by atoms with Gasteiger partial charge in [-0.25, -0.2) is 4.98 Å². The highest BCUT2D eigenvalue weighted by atomic mass is 79.9. The Hall–Kier alpha value is -0.610. The fourth-order valence-corrected chi connectivity index (χ4v) is 2.38. The minimum atomic E-state index is 0.763. The summed E-state index contributed by atoms with van der Waals surface area (Å²) < 4.78 is 6.83. The normalized spacial score (nSPS) is 10.8. The van der Waals surface area contributed by atoms with Gasteiger partial charge in [-0.15, -0.1) is 0 Å². The highest BCUT2D eigenvalue weighted by Gasteiger charge is 2.06. The molecule has 0 aliphatic heterocycles. The lowest BCUT2D eigenvalue weighted by molar-refractivity contribution is 0.289. The lowest BCUT2D eigenvalue weighted by Crippen LogP contribution is -2.15. The van der Waals surface area contributed by atoms with Gasteiger partial charge >= 0.3 is 0 Å². The summed E-state index contributed by atoms with van der Waals surface area (Å²) in [7, 11) is 0. The molecule has 1 aromatic heterocycles. The summed E-state index contributed by atoms with van der Waals surface area (Å²) in [6, 6.07) is 2.09. The second-order valence-electron chi connectivity index (χ2n) is 5.06. The standard InChI is InChI=1S/C16H27BrN2O/c1-3-5-6-7-8-10-20-16-14(12-18-9-4-2)11-15(17)13-19-16/h11,13,18H,3-10,12H2,1-2H3. The predicted octanol–water partition coefficient (Wildman–Crippen LogP) is 4.69. The van der Waals surface area contributed by atoms with Crippen LogP contribution in [0.4, 0.5) is 0 Å². The summed E-state index contributed by atoms with van der Waals surface area (Å²) >= 11 is 3.47. The van der Waals surface area contributed by atoms with Gasteiger partial charge in [0.05, 0.1) is 6.61 Å². The zero-order chi connectivity index (χ0) is 14.6. The zero-order valence-electron chi connectivity index (χ0n) is 12.8. The first-order chi connectivity index (χ1) is 9.77. The maximum Gasteiger partial charge on any atom is 0.217 e. The summed E-state index contributed by atoms with van der Waals surface area (Å²) in [5.74, 6) is 0.771. The highest BCUT2D eigenvalue weighted by molar-refractivity contribution is 9.10. The minimum Gasteiger partial charge on any atom is -0.477 e. The Bertz CT molecular complexity index is 371. The summed E-state index contributed by atoms with van der Waals surface area (Å²) in [6.07, 6.45) is 9.20. The number of nitrogens with zero attached hydrogens (tertiary/aromatic N) is 1. The minimum absolute atomic E-state index is 0.763. The van der Waals surface area contributed by atoms with E-state index in [1.165, 1.54) is 25.7 Å². The fraction of sp³-hybridized carbons (Fsp3) is 0.688. The molecule has 0 bridgehead atoms. The van der Waals surface area contributed by atoms with Crippen molar-refractivity contribution < 1.29 is 4.74 Å². The average molecular weight is 343 g/mol. The molecule has 1 aromatic rings. The molecule has 0 atom stereocenters. The maximum absolute atomic E-state index is 5.83. The van der Waals surface area contributed by atoms with E-state index in [2.05, 4.69) is 46.1 Å². The molecule has 1 heterocycles. The van der Waals surface area contributed by atoms with Gasteiger partial charge < -0.3 is 10.1 Å². The van der Waals surface area contributed by atoms with E-state index < -0.39 is 0 Å². The Morgan fingerprint density at radius 3 is 2.70 bits per heavy atom. The lowest BCUT2D eigenvalue weighted by Gasteiger charge is -2.11. The molecule has 0 aliphatic rings. The summed E-state index contributed by atoms with van der Waals surface area (Å²) in [5.41, 5.74) is 1.13. The van der Waals surface area contributed by atoms with E-state index in [1.54, 1.807) is 6.20 Å². The van der Waals surface area contributed by atoms with Crippen molar-refractivity contribution >= 4 is 15.9 Å². The van der Waals surface area contributed by atoms with Crippen molar-refractivity contribution in [3.05, 3.63) is 22.3 Å². The number of hydrogen-bond donors (Lipinski definition) is 1. The Labute approximate surface area is 131 Å². The largest absolute Gasteiger partial charge is 0.477 e. The van der Waals surface area contributed by atoms with Crippen LogP contribution in [0.25, 0.3) is 0 Å². The van der Waals surface area contributed by atoms with E-state index >= 15 is 0 Å². The number of halogens is 1. The molecule has 0 saturated carbocycles. The number of ether oxygens (including phenoxy) is 1. The van der Waals surface area contributed by atoms with Crippen LogP contribution in [-0.4, -0.2) is 18.1 Å². The maximum atomic E-state index is 5.83. The van der Waals surface area contributed by atoms with E-state index in [4.69, 9.17) is 4.74 Å². The molecule has 0 amide bonds. The van der Waals surface area contributed by atoms with E-state index in [-0.39, 0.29) is 0 Å². The van der Waals surface area contributed by atoms with Crippen molar-refractivity contribution in [2.75, 3.05) is 13.2 Å². The first kappa shape index (κ1) is 17.4. The van der Waals surface area contributed by atoms with Crippen molar-refractivity contribution in [2.45, 2.75) is 58.9 Å². The molecule has 0 fully saturated rings. The molecule has 0 aromatic carbocycles. The number of pyridine rings is 1. The first-order valence-electron chi connectivity index (χ1n) is 7.75. The molecule has 3 nitrogen and oxygen atoms in total. The lowest BCUT2D eigenvalue weighted by atomic mass is 10.2. The van der Waals surface area contributed by atoms with Gasteiger partial charge in [0.1, 0.15) is 0 Å². The number of hydrogen-bond acceptors (Lipinski definition) is 3. The molecule has 0 saturated heterocycles. The van der Waals surface area contributed by atoms with E-state index in [1.807, 2.05) is 0 Å². The van der Waals surface area contributed by atoms with Gasteiger partial charge in [-0.2, -0.15) is 0 Å². The molecule has 0 radical (unpaired) electrons. The second-order valence-corrected chi connectivity index (χ2v) is 5.97. The van der Waals surface area contributed by atoms with Crippen LogP contribution in [0, 0.1) is 0 Å². The van der Waals surface area contributed by atoms with Crippen molar-refractivity contribution in [2.24, 2.45) is 0 Å².